The van der Waals surface area contributed by atoms with Crippen molar-refractivity contribution >= 4 is 33.5 Å². The lowest BCUT2D eigenvalue weighted by atomic mass is 10.3. The summed E-state index contributed by atoms with van der Waals surface area (Å²) < 4.78 is 43.8. The number of piperazine rings is 1. The van der Waals surface area contributed by atoms with Gasteiger partial charge in [-0.05, 0) is 22.9 Å². The van der Waals surface area contributed by atoms with Crippen molar-refractivity contribution in [2.45, 2.75) is 25.6 Å². The van der Waals surface area contributed by atoms with Crippen LogP contribution in [-0.2, 0) is 15.7 Å². The Morgan fingerprint density at radius 2 is 1.91 bits per heavy atom. The maximum absolute atomic E-state index is 12.6. The molecule has 180 valence electrons. The number of anilines is 2. The van der Waals surface area contributed by atoms with Gasteiger partial charge in [0, 0.05) is 44.6 Å². The predicted octanol–water partition coefficient (Wildman–Crippen LogP) is 1.90. The average molecular weight is 534 g/mol. The molecule has 1 amide bonds. The van der Waals surface area contributed by atoms with Gasteiger partial charge in [-0.1, -0.05) is 0 Å². The Balaban J connectivity index is 1.36. The Labute approximate surface area is 195 Å². The SMILES string of the molecule is C[C@@H](COCCC(=O)N1CCN(c2ncc(C(F)(F)F)cn2)CC1)Nc1cn[nH]c(=O)c1Br. The summed E-state index contributed by atoms with van der Waals surface area (Å²) in [4.78, 5) is 35.0. The van der Waals surface area contributed by atoms with Crippen LogP contribution in [0, 0.1) is 0 Å². The number of aromatic nitrogens is 4. The summed E-state index contributed by atoms with van der Waals surface area (Å²) in [6.45, 7) is 4.14. The molecule has 0 aliphatic carbocycles. The monoisotopic (exact) mass is 533 g/mol. The smallest absolute Gasteiger partial charge is 0.379 e. The van der Waals surface area contributed by atoms with Crippen LogP contribution in [0.1, 0.15) is 18.9 Å². The molecule has 3 heterocycles. The van der Waals surface area contributed by atoms with E-state index in [0.717, 1.165) is 12.4 Å². The maximum Gasteiger partial charge on any atom is 0.419 e. The minimum atomic E-state index is -4.48. The van der Waals surface area contributed by atoms with Gasteiger partial charge in [0.2, 0.25) is 11.9 Å². The van der Waals surface area contributed by atoms with E-state index < -0.39 is 11.7 Å². The van der Waals surface area contributed by atoms with Crippen molar-refractivity contribution < 1.29 is 22.7 Å². The van der Waals surface area contributed by atoms with E-state index in [1.807, 2.05) is 6.92 Å². The van der Waals surface area contributed by atoms with Gasteiger partial charge in [0.15, 0.2) is 0 Å². The zero-order chi connectivity index (χ0) is 24.0. The number of nitrogens with one attached hydrogen (secondary N) is 2. The molecule has 0 bridgehead atoms. The van der Waals surface area contributed by atoms with Crippen LogP contribution in [0.4, 0.5) is 24.8 Å². The van der Waals surface area contributed by atoms with Crippen LogP contribution in [0.5, 0.6) is 0 Å². The Bertz CT molecular complexity index is 995. The van der Waals surface area contributed by atoms with Crippen molar-refractivity contribution in [2.75, 3.05) is 49.6 Å². The second kappa shape index (κ2) is 10.9. The zero-order valence-electron chi connectivity index (χ0n) is 17.7. The molecular weight excluding hydrogens is 511 g/mol. The first-order valence-corrected chi connectivity index (χ1v) is 10.9. The van der Waals surface area contributed by atoms with Crippen molar-refractivity contribution in [3.05, 3.63) is 39.0 Å². The Morgan fingerprint density at radius 1 is 1.24 bits per heavy atom. The number of nitrogens with zero attached hydrogens (tertiary/aromatic N) is 5. The van der Waals surface area contributed by atoms with E-state index >= 15 is 0 Å². The van der Waals surface area contributed by atoms with E-state index in [1.54, 1.807) is 9.80 Å². The molecule has 1 aliphatic rings. The molecule has 1 aliphatic heterocycles. The highest BCUT2D eigenvalue weighted by atomic mass is 79.9. The minimum Gasteiger partial charge on any atom is -0.379 e. The summed E-state index contributed by atoms with van der Waals surface area (Å²) in [5.74, 6) is 0.146. The predicted molar refractivity (Wildman–Crippen MR) is 117 cm³/mol. The van der Waals surface area contributed by atoms with Crippen LogP contribution in [0.25, 0.3) is 0 Å². The van der Waals surface area contributed by atoms with Crippen LogP contribution in [0.2, 0.25) is 0 Å². The second-order valence-electron chi connectivity index (χ2n) is 7.43. The van der Waals surface area contributed by atoms with Gasteiger partial charge < -0.3 is 19.9 Å². The van der Waals surface area contributed by atoms with E-state index in [1.165, 1.54) is 6.20 Å². The lowest BCUT2D eigenvalue weighted by Crippen LogP contribution is -2.49. The van der Waals surface area contributed by atoms with E-state index in [2.05, 4.69) is 41.4 Å². The highest BCUT2D eigenvalue weighted by Gasteiger charge is 2.32. The number of amides is 1. The average Bonchev–Trinajstić information content (AvgIpc) is 2.79. The van der Waals surface area contributed by atoms with E-state index in [4.69, 9.17) is 4.74 Å². The molecule has 1 atom stereocenters. The summed E-state index contributed by atoms with van der Waals surface area (Å²) in [6.07, 6.45) is -1.26. The lowest BCUT2D eigenvalue weighted by Gasteiger charge is -2.34. The number of hydrogen-bond acceptors (Lipinski definition) is 8. The molecule has 0 aromatic carbocycles. The first-order valence-electron chi connectivity index (χ1n) is 10.1. The van der Waals surface area contributed by atoms with Gasteiger partial charge in [0.05, 0.1) is 37.1 Å². The molecular formula is C19H23BrF3N7O3. The third-order valence-electron chi connectivity index (χ3n) is 4.91. The van der Waals surface area contributed by atoms with E-state index in [9.17, 15) is 22.8 Å². The number of ether oxygens (including phenoxy) is 1. The van der Waals surface area contributed by atoms with Crippen LogP contribution in [-0.4, -0.2) is 76.4 Å². The van der Waals surface area contributed by atoms with Gasteiger partial charge >= 0.3 is 6.18 Å². The number of aromatic amines is 1. The number of H-pyrrole nitrogens is 1. The van der Waals surface area contributed by atoms with Gasteiger partial charge in [0.25, 0.3) is 5.56 Å². The molecule has 2 aromatic rings. The van der Waals surface area contributed by atoms with Crippen molar-refractivity contribution in [1.29, 1.82) is 0 Å². The summed E-state index contributed by atoms with van der Waals surface area (Å²) >= 11 is 3.19. The highest BCUT2D eigenvalue weighted by Crippen LogP contribution is 2.28. The molecule has 0 spiro atoms. The number of carbonyl (C=O) groups excluding carboxylic acids is 1. The Morgan fingerprint density at radius 3 is 2.55 bits per heavy atom. The third kappa shape index (κ3) is 6.87. The van der Waals surface area contributed by atoms with Gasteiger partial charge in [-0.15, -0.1) is 0 Å². The Hall–Kier alpha value is -2.74. The minimum absolute atomic E-state index is 0.0647. The number of rotatable bonds is 8. The molecule has 0 radical (unpaired) electrons. The summed E-state index contributed by atoms with van der Waals surface area (Å²) in [5, 5.41) is 9.15. The molecule has 14 heteroatoms. The third-order valence-corrected chi connectivity index (χ3v) is 5.69. The van der Waals surface area contributed by atoms with E-state index in [-0.39, 0.29) is 36.5 Å². The summed E-state index contributed by atoms with van der Waals surface area (Å²) in [6, 6.07) is -0.118. The van der Waals surface area contributed by atoms with Crippen molar-refractivity contribution in [3.63, 3.8) is 0 Å². The van der Waals surface area contributed by atoms with E-state index in [0.29, 0.717) is 42.9 Å². The fraction of sp³-hybridized carbons (Fsp3) is 0.526. The normalized spacial score (nSPS) is 15.4. The molecule has 1 saturated heterocycles. The number of halogens is 4. The fourth-order valence-electron chi connectivity index (χ4n) is 3.16. The molecule has 0 unspecified atom stereocenters. The molecule has 10 nitrogen and oxygen atoms in total. The molecule has 2 N–H and O–H groups in total. The van der Waals surface area contributed by atoms with Gasteiger partial charge in [-0.25, -0.2) is 15.1 Å². The highest BCUT2D eigenvalue weighted by molar-refractivity contribution is 9.10. The largest absolute Gasteiger partial charge is 0.419 e. The Kier molecular flexibility index (Phi) is 8.24. The summed E-state index contributed by atoms with van der Waals surface area (Å²) in [5.41, 5.74) is -0.698. The topological polar surface area (TPSA) is 116 Å². The van der Waals surface area contributed by atoms with Crippen LogP contribution in [0.15, 0.2) is 27.9 Å². The van der Waals surface area contributed by atoms with Crippen molar-refractivity contribution in [2.24, 2.45) is 0 Å². The van der Waals surface area contributed by atoms with Gasteiger partial charge in [-0.2, -0.15) is 18.3 Å². The zero-order valence-corrected chi connectivity index (χ0v) is 19.3. The number of hydrogen-bond donors (Lipinski definition) is 2. The lowest BCUT2D eigenvalue weighted by molar-refractivity contribution is -0.138. The molecule has 0 saturated carbocycles. The number of alkyl halides is 3. The van der Waals surface area contributed by atoms with Crippen LogP contribution < -0.4 is 15.8 Å². The molecule has 3 rings (SSSR count). The molecule has 2 aromatic heterocycles. The molecule has 33 heavy (non-hydrogen) atoms. The van der Waals surface area contributed by atoms with Gasteiger partial charge in [0.1, 0.15) is 4.47 Å². The van der Waals surface area contributed by atoms with Gasteiger partial charge in [-0.3, -0.25) is 9.59 Å². The maximum atomic E-state index is 12.6. The fourth-order valence-corrected chi connectivity index (χ4v) is 3.46. The number of carbonyl (C=O) groups is 1. The van der Waals surface area contributed by atoms with Crippen LogP contribution in [0.3, 0.4) is 0 Å². The summed E-state index contributed by atoms with van der Waals surface area (Å²) in [7, 11) is 0. The van der Waals surface area contributed by atoms with Crippen LogP contribution >= 0.6 is 15.9 Å². The molecule has 1 fully saturated rings. The quantitative estimate of drug-likeness (QED) is 0.494. The second-order valence-corrected chi connectivity index (χ2v) is 8.23. The van der Waals surface area contributed by atoms with Crippen molar-refractivity contribution in [3.8, 4) is 0 Å². The van der Waals surface area contributed by atoms with Crippen molar-refractivity contribution in [1.82, 2.24) is 25.1 Å². The standard InChI is InChI=1S/C19H23BrF3N7O3/c1-12(27-14-10-26-28-17(32)16(14)20)11-33-7-2-15(31)29-3-5-30(6-4-29)18-24-8-13(9-25-18)19(21,22)23/h8-10,12H,2-7,11H2,1H3,(H2,27,28,32)/t12-/m0/s1. The first-order chi connectivity index (χ1) is 15.6. The first kappa shape index (κ1) is 24.9.